The molecule has 5 rings (SSSR count). The van der Waals surface area contributed by atoms with Crippen molar-refractivity contribution in [3.05, 3.63) is 70.3 Å². The number of benzene rings is 2. The van der Waals surface area contributed by atoms with Gasteiger partial charge in [0.15, 0.2) is 5.78 Å². The summed E-state index contributed by atoms with van der Waals surface area (Å²) in [5.41, 5.74) is -3.62. The molecule has 1 aliphatic heterocycles. The molecule has 3 atom stereocenters. The molecule has 2 aromatic rings. The van der Waals surface area contributed by atoms with Gasteiger partial charge in [-0.3, -0.25) is 34.3 Å². The lowest BCUT2D eigenvalue weighted by Gasteiger charge is -2.24. The molecule has 10 heteroatoms. The highest BCUT2D eigenvalue weighted by molar-refractivity contribution is 6.52. The molecule has 2 amide bonds. The Morgan fingerprint density at radius 3 is 2.31 bits per heavy atom. The highest BCUT2D eigenvalue weighted by Crippen LogP contribution is 2.46. The minimum Gasteiger partial charge on any atom is -0.299 e. The van der Waals surface area contributed by atoms with Gasteiger partial charge in [0.05, 0.1) is 22.7 Å². The van der Waals surface area contributed by atoms with Crippen molar-refractivity contribution < 1.29 is 37.1 Å². The first kappa shape index (κ1) is 22.8. The van der Waals surface area contributed by atoms with Crippen molar-refractivity contribution in [3.63, 3.8) is 0 Å². The van der Waals surface area contributed by atoms with Crippen LogP contribution in [0.4, 0.5) is 13.2 Å². The number of hydrogen-bond acceptors (Lipinski definition) is 6. The summed E-state index contributed by atoms with van der Waals surface area (Å²) in [6, 6.07) is 6.68. The number of alkyl halides is 3. The van der Waals surface area contributed by atoms with Crippen LogP contribution in [0.15, 0.2) is 42.5 Å². The molecule has 2 aliphatic carbocycles. The first-order valence-electron chi connectivity index (χ1n) is 10.9. The summed E-state index contributed by atoms with van der Waals surface area (Å²) in [5, 5.41) is 8.34. The van der Waals surface area contributed by atoms with Crippen LogP contribution in [0.25, 0.3) is 0 Å². The van der Waals surface area contributed by atoms with Gasteiger partial charge < -0.3 is 0 Å². The van der Waals surface area contributed by atoms with Crippen molar-refractivity contribution in [2.75, 3.05) is 0 Å². The van der Waals surface area contributed by atoms with E-state index in [0.717, 1.165) is 23.1 Å². The van der Waals surface area contributed by atoms with Crippen molar-refractivity contribution in [2.45, 2.75) is 31.5 Å². The molecule has 0 spiro atoms. The molecule has 2 aromatic carbocycles. The highest BCUT2D eigenvalue weighted by atomic mass is 19.4. The van der Waals surface area contributed by atoms with Gasteiger partial charge in [0, 0.05) is 29.4 Å². The third-order valence-electron chi connectivity index (χ3n) is 6.79. The fourth-order valence-electron chi connectivity index (χ4n) is 4.96. The lowest BCUT2D eigenvalue weighted by molar-refractivity contribution is -0.137. The number of amides is 2. The van der Waals surface area contributed by atoms with Crippen LogP contribution < -0.4 is 0 Å². The van der Waals surface area contributed by atoms with Crippen LogP contribution in [-0.2, 0) is 15.8 Å². The van der Waals surface area contributed by atoms with Gasteiger partial charge in [-0.25, -0.2) is 0 Å². The molecule has 2 saturated carbocycles. The summed E-state index contributed by atoms with van der Waals surface area (Å²) in [7, 11) is 0. The molecule has 2 unspecified atom stereocenters. The molecule has 3 aliphatic rings. The van der Waals surface area contributed by atoms with Crippen LogP contribution in [0.3, 0.4) is 0 Å². The number of ketones is 3. The Kier molecular flexibility index (Phi) is 5.08. The number of nitrogens with zero attached hydrogens (tertiary/aromatic N) is 1. The monoisotopic (exact) mass is 482 g/mol. The van der Waals surface area contributed by atoms with E-state index < -0.39 is 52.6 Å². The zero-order chi connectivity index (χ0) is 25.2. The number of hydrogen-bond donors (Lipinski definition) is 1. The lowest BCUT2D eigenvalue weighted by Crippen LogP contribution is -2.45. The Bertz CT molecular complexity index is 1360. The van der Waals surface area contributed by atoms with Crippen molar-refractivity contribution in [1.29, 1.82) is 5.41 Å². The van der Waals surface area contributed by atoms with E-state index in [1.807, 2.05) is 0 Å². The van der Waals surface area contributed by atoms with E-state index in [9.17, 15) is 37.1 Å². The normalized spacial score (nSPS) is 23.6. The second-order valence-corrected chi connectivity index (χ2v) is 8.83. The van der Waals surface area contributed by atoms with E-state index in [2.05, 4.69) is 0 Å². The summed E-state index contributed by atoms with van der Waals surface area (Å²) in [6.45, 7) is 0. The molecule has 1 heterocycles. The van der Waals surface area contributed by atoms with Gasteiger partial charge in [0.1, 0.15) is 11.5 Å². The number of imide groups is 1. The van der Waals surface area contributed by atoms with Crippen LogP contribution in [-0.4, -0.2) is 45.8 Å². The predicted molar refractivity (Wildman–Crippen MR) is 114 cm³/mol. The molecule has 7 nitrogen and oxygen atoms in total. The number of rotatable bonds is 4. The number of Topliss-reactive ketones (excluding diaryl/α,β-unsaturated/α-hetero) is 3. The van der Waals surface area contributed by atoms with Crippen LogP contribution in [0, 0.1) is 17.2 Å². The van der Waals surface area contributed by atoms with Gasteiger partial charge >= 0.3 is 6.18 Å². The van der Waals surface area contributed by atoms with E-state index >= 15 is 0 Å². The van der Waals surface area contributed by atoms with Gasteiger partial charge in [-0.1, -0.05) is 30.3 Å². The third kappa shape index (κ3) is 3.51. The second-order valence-electron chi connectivity index (χ2n) is 8.83. The van der Waals surface area contributed by atoms with Crippen molar-refractivity contribution in [1.82, 2.24) is 4.90 Å². The zero-order valence-corrected chi connectivity index (χ0v) is 18.0. The SMILES string of the molecule is N=C(C(=O)c1ccccc1C(F)(F)F)c1cccc2c1C(=O)N(C1CCC(=O)[C@@H]3CC3C1=O)C2=O. The predicted octanol–water partition coefficient (Wildman–Crippen LogP) is 3.49. The summed E-state index contributed by atoms with van der Waals surface area (Å²) in [4.78, 5) is 65.2. The van der Waals surface area contributed by atoms with E-state index in [1.165, 1.54) is 24.3 Å². The first-order chi connectivity index (χ1) is 16.5. The lowest BCUT2D eigenvalue weighted by atomic mass is 9.92. The molecule has 0 aromatic heterocycles. The van der Waals surface area contributed by atoms with Crippen molar-refractivity contribution >= 4 is 34.9 Å². The largest absolute Gasteiger partial charge is 0.417 e. The van der Waals surface area contributed by atoms with Crippen molar-refractivity contribution in [2.24, 2.45) is 11.8 Å². The van der Waals surface area contributed by atoms with Crippen molar-refractivity contribution in [3.8, 4) is 0 Å². The molecule has 178 valence electrons. The second kappa shape index (κ2) is 7.79. The van der Waals surface area contributed by atoms with E-state index in [-0.39, 0.29) is 47.0 Å². The van der Waals surface area contributed by atoms with Gasteiger partial charge in [-0.05, 0) is 25.0 Å². The van der Waals surface area contributed by atoms with Crippen LogP contribution in [0.1, 0.15) is 61.5 Å². The minimum absolute atomic E-state index is 0.0131. The Hall–Kier alpha value is -3.95. The molecule has 2 fully saturated rings. The number of carbonyl (C=O) groups excluding carboxylic acids is 5. The number of nitrogens with one attached hydrogen (secondary N) is 1. The molecule has 1 N–H and O–H groups in total. The third-order valence-corrected chi connectivity index (χ3v) is 6.79. The maximum Gasteiger partial charge on any atom is 0.417 e. The Balaban J connectivity index is 1.52. The molecular weight excluding hydrogens is 465 g/mol. The van der Waals surface area contributed by atoms with Crippen LogP contribution in [0.2, 0.25) is 0 Å². The molecule has 0 radical (unpaired) electrons. The smallest absolute Gasteiger partial charge is 0.299 e. The summed E-state index contributed by atoms with van der Waals surface area (Å²) in [5.74, 6) is -4.34. The summed E-state index contributed by atoms with van der Waals surface area (Å²) < 4.78 is 40.2. The molecule has 0 saturated heterocycles. The van der Waals surface area contributed by atoms with Gasteiger partial charge in [0.2, 0.25) is 5.78 Å². The topological polar surface area (TPSA) is 112 Å². The number of fused-ring (bicyclic) bond motifs is 2. The van der Waals surface area contributed by atoms with Gasteiger partial charge in [-0.15, -0.1) is 0 Å². The fourth-order valence-corrected chi connectivity index (χ4v) is 4.96. The zero-order valence-electron chi connectivity index (χ0n) is 18.0. The Morgan fingerprint density at radius 2 is 1.60 bits per heavy atom. The van der Waals surface area contributed by atoms with Gasteiger partial charge in [0.25, 0.3) is 11.8 Å². The summed E-state index contributed by atoms with van der Waals surface area (Å²) >= 11 is 0. The molecule has 0 bridgehead atoms. The number of halogens is 3. The number of carbonyl (C=O) groups is 5. The maximum absolute atomic E-state index is 13.4. The average molecular weight is 482 g/mol. The Morgan fingerprint density at radius 1 is 0.914 bits per heavy atom. The first-order valence-corrected chi connectivity index (χ1v) is 10.9. The molecular formula is C25H17F3N2O5. The minimum atomic E-state index is -4.84. The highest BCUT2D eigenvalue weighted by Gasteiger charge is 2.55. The van der Waals surface area contributed by atoms with Crippen LogP contribution >= 0.6 is 0 Å². The van der Waals surface area contributed by atoms with E-state index in [1.54, 1.807) is 0 Å². The fraction of sp³-hybridized carbons (Fsp3) is 0.280. The van der Waals surface area contributed by atoms with Crippen LogP contribution in [0.5, 0.6) is 0 Å². The standard InChI is InChI=1S/C25H17F3N2O5/c26-25(27,28)16-7-2-1-4-11(16)22(33)20(29)12-5-3-6-13-19(12)24(35)30(23(13)34)17-8-9-18(31)14-10-15(14)21(17)32/h1-7,14-15,17,29H,8-10H2/t14-,15?,17?/m1/s1. The quantitative estimate of drug-likeness (QED) is 0.407. The van der Waals surface area contributed by atoms with E-state index in [0.29, 0.717) is 6.42 Å². The van der Waals surface area contributed by atoms with E-state index in [4.69, 9.17) is 5.41 Å². The average Bonchev–Trinajstić information content (AvgIpc) is 3.61. The maximum atomic E-state index is 13.4. The Labute approximate surface area is 196 Å². The molecule has 35 heavy (non-hydrogen) atoms. The van der Waals surface area contributed by atoms with Gasteiger partial charge in [-0.2, -0.15) is 13.2 Å². The summed E-state index contributed by atoms with van der Waals surface area (Å²) in [6.07, 6.45) is -4.42.